The lowest BCUT2D eigenvalue weighted by Crippen LogP contribution is -2.85. The Labute approximate surface area is 143 Å². The number of hydrogen-bond acceptors (Lipinski definition) is 3. The monoisotopic (exact) mass is 328 g/mol. The Hall–Kier alpha value is -2.04. The minimum atomic E-state index is -0.515. The first-order valence-corrected chi connectivity index (χ1v) is 8.51. The van der Waals surface area contributed by atoms with Gasteiger partial charge in [-0.05, 0) is 19.9 Å². The quantitative estimate of drug-likeness (QED) is 0.816. The molecule has 0 amide bonds. The highest BCUT2D eigenvalue weighted by atomic mass is 16.5. The van der Waals surface area contributed by atoms with Crippen molar-refractivity contribution in [3.05, 3.63) is 59.7 Å². The first-order chi connectivity index (χ1) is 11.5. The molecule has 1 atom stereocenters. The highest BCUT2D eigenvalue weighted by Gasteiger charge is 2.32. The molecule has 3 rings (SSSR count). The third-order valence-electron chi connectivity index (χ3n) is 4.15. The van der Waals surface area contributed by atoms with Crippen LogP contribution < -0.4 is 14.8 Å². The predicted octanol–water partition coefficient (Wildman–Crippen LogP) is 1.90. The van der Waals surface area contributed by atoms with Crippen molar-refractivity contribution in [2.75, 3.05) is 13.2 Å². The van der Waals surface area contributed by atoms with E-state index in [2.05, 4.69) is 37.4 Å². The fourth-order valence-corrected chi connectivity index (χ4v) is 3.01. The van der Waals surface area contributed by atoms with Gasteiger partial charge in [0.1, 0.15) is 31.4 Å². The molecule has 0 saturated carbocycles. The van der Waals surface area contributed by atoms with Gasteiger partial charge in [-0.3, -0.25) is 0 Å². The summed E-state index contributed by atoms with van der Waals surface area (Å²) < 4.78 is 11.8. The molecule has 128 valence electrons. The third kappa shape index (κ3) is 4.28. The Morgan fingerprint density at radius 2 is 1.96 bits per heavy atom. The van der Waals surface area contributed by atoms with Crippen molar-refractivity contribution in [1.29, 1.82) is 0 Å². The lowest BCUT2D eigenvalue weighted by molar-refractivity contribution is -0.676. The Bertz CT molecular complexity index is 670. The van der Waals surface area contributed by atoms with E-state index in [0.29, 0.717) is 6.54 Å². The number of rotatable bonds is 7. The topological polar surface area (TPSA) is 55.3 Å². The van der Waals surface area contributed by atoms with Gasteiger partial charge >= 0.3 is 0 Å². The predicted molar refractivity (Wildman–Crippen MR) is 93.3 cm³/mol. The second-order valence-corrected chi connectivity index (χ2v) is 6.96. The number of aliphatic hydroxyl groups excluding tert-OH is 1. The van der Waals surface area contributed by atoms with Crippen LogP contribution in [0.4, 0.5) is 0 Å². The van der Waals surface area contributed by atoms with Crippen molar-refractivity contribution in [3.63, 3.8) is 0 Å². The highest BCUT2D eigenvalue weighted by molar-refractivity contribution is 5.50. The number of aliphatic hydroxyl groups is 1. The van der Waals surface area contributed by atoms with E-state index < -0.39 is 6.10 Å². The molecular formula is C20H26NO3+. The molecule has 0 unspecified atom stereocenters. The van der Waals surface area contributed by atoms with Crippen molar-refractivity contribution in [2.45, 2.75) is 38.5 Å². The number of quaternary nitrogens is 1. The van der Waals surface area contributed by atoms with Gasteiger partial charge in [0, 0.05) is 17.5 Å². The number of fused-ring (bicyclic) bond motifs is 1. The minimum absolute atomic E-state index is 0.191. The summed E-state index contributed by atoms with van der Waals surface area (Å²) >= 11 is 0. The maximum Gasteiger partial charge on any atom is 0.165 e. The summed E-state index contributed by atoms with van der Waals surface area (Å²) in [6.45, 7) is 5.88. The molecule has 0 aliphatic carbocycles. The Balaban J connectivity index is 1.47. The Kier molecular flexibility index (Phi) is 5.07. The summed E-state index contributed by atoms with van der Waals surface area (Å²) in [5, 5.41) is 12.2. The van der Waals surface area contributed by atoms with Gasteiger partial charge < -0.3 is 19.9 Å². The van der Waals surface area contributed by atoms with E-state index >= 15 is 0 Å². The maximum atomic E-state index is 10.1. The molecule has 2 aromatic carbocycles. The van der Waals surface area contributed by atoms with Gasteiger partial charge in [-0.2, -0.15) is 0 Å². The molecule has 0 aromatic heterocycles. The molecule has 24 heavy (non-hydrogen) atoms. The molecule has 0 spiro atoms. The molecule has 0 saturated heterocycles. The van der Waals surface area contributed by atoms with E-state index in [-0.39, 0.29) is 12.2 Å². The number of para-hydroxylation sites is 1. The summed E-state index contributed by atoms with van der Waals surface area (Å²) in [4.78, 5) is 0. The summed E-state index contributed by atoms with van der Waals surface area (Å²) in [6, 6.07) is 16.2. The Morgan fingerprint density at radius 1 is 1.17 bits per heavy atom. The van der Waals surface area contributed by atoms with Gasteiger partial charge in [-0.1, -0.05) is 42.5 Å². The van der Waals surface area contributed by atoms with Gasteiger partial charge in [0.25, 0.3) is 0 Å². The largest absolute Gasteiger partial charge is 0.487 e. The highest BCUT2D eigenvalue weighted by Crippen LogP contribution is 2.41. The van der Waals surface area contributed by atoms with Gasteiger partial charge in [0.2, 0.25) is 0 Å². The lowest BCUT2D eigenvalue weighted by Gasteiger charge is -2.18. The maximum absolute atomic E-state index is 10.1. The molecule has 2 aromatic rings. The number of hydrogen-bond donors (Lipinski definition) is 2. The molecule has 0 bridgehead atoms. The van der Waals surface area contributed by atoms with Crippen molar-refractivity contribution >= 4 is 0 Å². The van der Waals surface area contributed by atoms with E-state index in [1.165, 1.54) is 11.1 Å². The molecule has 1 aliphatic rings. The number of ether oxygens (including phenoxy) is 2. The van der Waals surface area contributed by atoms with Crippen LogP contribution in [0.5, 0.6) is 11.5 Å². The van der Waals surface area contributed by atoms with Gasteiger partial charge in [0.15, 0.2) is 11.5 Å². The fraction of sp³-hybridized carbons (Fsp3) is 0.400. The third-order valence-corrected chi connectivity index (χ3v) is 4.15. The standard InChI is InChI=1S/C20H25NO3/c1-20(2)11-16-9-6-10-18(19(16)24-20)23-14-17(22)13-21-12-15-7-4-3-5-8-15/h3-10,17,21-22H,11-14H2,1-2H3/p+1/t17-/m1/s1. The molecule has 4 nitrogen and oxygen atoms in total. The van der Waals surface area contributed by atoms with Crippen LogP contribution in [-0.4, -0.2) is 30.0 Å². The summed E-state index contributed by atoms with van der Waals surface area (Å²) in [5.74, 6) is 1.54. The van der Waals surface area contributed by atoms with Crippen LogP contribution >= 0.6 is 0 Å². The van der Waals surface area contributed by atoms with Crippen LogP contribution in [0.3, 0.4) is 0 Å². The average molecular weight is 328 g/mol. The zero-order chi connectivity index (χ0) is 17.0. The summed E-state index contributed by atoms with van der Waals surface area (Å²) in [6.07, 6.45) is 0.367. The van der Waals surface area contributed by atoms with E-state index in [0.717, 1.165) is 24.5 Å². The van der Waals surface area contributed by atoms with Gasteiger partial charge in [0.05, 0.1) is 0 Å². The number of nitrogens with two attached hydrogens (primary N) is 1. The van der Waals surface area contributed by atoms with Crippen LogP contribution in [0.15, 0.2) is 48.5 Å². The van der Waals surface area contributed by atoms with Crippen molar-refractivity contribution in [1.82, 2.24) is 0 Å². The average Bonchev–Trinajstić information content (AvgIpc) is 2.88. The molecule has 1 aliphatic heterocycles. The second-order valence-electron chi connectivity index (χ2n) is 6.96. The van der Waals surface area contributed by atoms with Gasteiger partial charge in [-0.15, -0.1) is 0 Å². The molecule has 0 fully saturated rings. The van der Waals surface area contributed by atoms with E-state index in [4.69, 9.17) is 9.47 Å². The van der Waals surface area contributed by atoms with E-state index in [1.54, 1.807) is 0 Å². The normalized spacial score (nSPS) is 16.3. The molecule has 0 radical (unpaired) electrons. The van der Waals surface area contributed by atoms with Crippen LogP contribution in [0.25, 0.3) is 0 Å². The SMILES string of the molecule is CC1(C)Cc2cccc(OC[C@H](O)C[NH2+]Cc3ccccc3)c2O1. The summed E-state index contributed by atoms with van der Waals surface area (Å²) in [7, 11) is 0. The van der Waals surface area contributed by atoms with E-state index in [1.807, 2.05) is 30.3 Å². The summed E-state index contributed by atoms with van der Waals surface area (Å²) in [5.41, 5.74) is 2.23. The van der Waals surface area contributed by atoms with Gasteiger partial charge in [-0.25, -0.2) is 0 Å². The Morgan fingerprint density at radius 3 is 2.75 bits per heavy atom. The lowest BCUT2D eigenvalue weighted by atomic mass is 10.0. The number of benzene rings is 2. The van der Waals surface area contributed by atoms with Crippen LogP contribution in [0, 0.1) is 0 Å². The first-order valence-electron chi connectivity index (χ1n) is 8.51. The molecular weight excluding hydrogens is 302 g/mol. The van der Waals surface area contributed by atoms with Crippen LogP contribution in [0.1, 0.15) is 25.0 Å². The first kappa shape index (κ1) is 16.8. The van der Waals surface area contributed by atoms with Crippen molar-refractivity contribution < 1.29 is 19.9 Å². The minimum Gasteiger partial charge on any atom is -0.487 e. The van der Waals surface area contributed by atoms with E-state index in [9.17, 15) is 5.11 Å². The van der Waals surface area contributed by atoms with Crippen molar-refractivity contribution in [2.24, 2.45) is 0 Å². The zero-order valence-corrected chi connectivity index (χ0v) is 14.4. The molecule has 1 heterocycles. The fourth-order valence-electron chi connectivity index (χ4n) is 3.01. The molecule has 4 heteroatoms. The van der Waals surface area contributed by atoms with Crippen LogP contribution in [-0.2, 0) is 13.0 Å². The van der Waals surface area contributed by atoms with Crippen molar-refractivity contribution in [3.8, 4) is 11.5 Å². The molecule has 3 N–H and O–H groups in total. The van der Waals surface area contributed by atoms with Crippen LogP contribution in [0.2, 0.25) is 0 Å². The second kappa shape index (κ2) is 7.24. The zero-order valence-electron chi connectivity index (χ0n) is 14.4. The smallest absolute Gasteiger partial charge is 0.165 e.